The molecular weight excluding hydrogens is 256 g/mol. The van der Waals surface area contributed by atoms with Gasteiger partial charge in [-0.25, -0.2) is 10.2 Å². The number of methoxy groups -OCH3 is 1. The summed E-state index contributed by atoms with van der Waals surface area (Å²) in [5.41, 5.74) is 7.77. The summed E-state index contributed by atoms with van der Waals surface area (Å²) in [5.74, 6) is 0.689. The van der Waals surface area contributed by atoms with Crippen molar-refractivity contribution in [1.82, 2.24) is 5.43 Å². The number of benzene rings is 1. The van der Waals surface area contributed by atoms with Crippen LogP contribution < -0.4 is 15.6 Å². The molecule has 1 heterocycles. The first-order chi connectivity index (χ1) is 8.52. The molecule has 18 heavy (non-hydrogen) atoms. The molecule has 0 saturated heterocycles. The Balaban J connectivity index is 2.29. The van der Waals surface area contributed by atoms with Crippen LogP contribution in [0.3, 0.4) is 0 Å². The predicted octanol–water partition coefficient (Wildman–Crippen LogP) is 2.65. The third-order valence-electron chi connectivity index (χ3n) is 2.79. The third-order valence-corrected chi connectivity index (χ3v) is 3.31. The van der Waals surface area contributed by atoms with Gasteiger partial charge in [0.05, 0.1) is 17.8 Å². The van der Waals surface area contributed by atoms with E-state index in [1.54, 1.807) is 0 Å². The maximum absolute atomic E-state index is 11.0. The molecule has 2 rings (SSSR count). The normalized spacial score (nSPS) is 16.8. The average Bonchev–Trinajstić information content (AvgIpc) is 2.74. The highest BCUT2D eigenvalue weighted by Gasteiger charge is 2.26. The molecular formula is C12H15ClN2O3. The van der Waals surface area contributed by atoms with Crippen LogP contribution in [-0.2, 0) is 11.2 Å². The summed E-state index contributed by atoms with van der Waals surface area (Å²) in [6, 6.07) is 1.83. The highest BCUT2D eigenvalue weighted by molar-refractivity contribution is 6.32. The number of carbonyl (C=O) groups excluding carboxylic acids is 1. The minimum absolute atomic E-state index is 0.0815. The fraction of sp³-hybridized carbons (Fsp3) is 0.417. The summed E-state index contributed by atoms with van der Waals surface area (Å²) < 4.78 is 10.2. The van der Waals surface area contributed by atoms with Crippen molar-refractivity contribution in [2.75, 3.05) is 12.5 Å². The van der Waals surface area contributed by atoms with E-state index in [4.69, 9.17) is 16.3 Å². The van der Waals surface area contributed by atoms with Crippen molar-refractivity contribution in [2.24, 2.45) is 0 Å². The summed E-state index contributed by atoms with van der Waals surface area (Å²) in [6.07, 6.45) is 0.281. The van der Waals surface area contributed by atoms with E-state index in [1.807, 2.05) is 19.9 Å². The predicted molar refractivity (Wildman–Crippen MR) is 69.1 cm³/mol. The molecule has 1 aromatic carbocycles. The Morgan fingerprint density at radius 2 is 2.33 bits per heavy atom. The van der Waals surface area contributed by atoms with Crippen molar-refractivity contribution in [3.63, 3.8) is 0 Å². The van der Waals surface area contributed by atoms with Crippen LogP contribution in [-0.4, -0.2) is 19.3 Å². The number of fused-ring (bicyclic) bond motifs is 1. The summed E-state index contributed by atoms with van der Waals surface area (Å²) in [4.78, 5) is 11.0. The zero-order valence-corrected chi connectivity index (χ0v) is 11.2. The van der Waals surface area contributed by atoms with E-state index in [-0.39, 0.29) is 6.10 Å². The molecule has 0 radical (unpaired) electrons. The fourth-order valence-corrected chi connectivity index (χ4v) is 2.17. The Morgan fingerprint density at radius 3 is 3.00 bits per heavy atom. The second-order valence-corrected chi connectivity index (χ2v) is 4.61. The van der Waals surface area contributed by atoms with Gasteiger partial charge in [-0.1, -0.05) is 11.6 Å². The van der Waals surface area contributed by atoms with Gasteiger partial charge in [0.2, 0.25) is 0 Å². The van der Waals surface area contributed by atoms with Gasteiger partial charge in [-0.3, -0.25) is 5.43 Å². The van der Waals surface area contributed by atoms with Crippen LogP contribution in [0.2, 0.25) is 5.02 Å². The summed E-state index contributed by atoms with van der Waals surface area (Å²) >= 11 is 6.25. The zero-order valence-electron chi connectivity index (χ0n) is 10.5. The van der Waals surface area contributed by atoms with E-state index in [9.17, 15) is 4.79 Å². The van der Waals surface area contributed by atoms with Gasteiger partial charge in [0, 0.05) is 12.0 Å². The van der Waals surface area contributed by atoms with Gasteiger partial charge < -0.3 is 9.47 Å². The highest BCUT2D eigenvalue weighted by Crippen LogP contribution is 2.42. The molecule has 1 aliphatic rings. The molecule has 0 aromatic heterocycles. The molecule has 0 bridgehead atoms. The molecule has 0 saturated carbocycles. The first-order valence-electron chi connectivity index (χ1n) is 5.61. The number of hydrogen-bond acceptors (Lipinski definition) is 4. The zero-order chi connectivity index (χ0) is 13.3. The van der Waals surface area contributed by atoms with E-state index < -0.39 is 6.09 Å². The summed E-state index contributed by atoms with van der Waals surface area (Å²) in [7, 11) is 1.30. The number of anilines is 1. The number of aryl methyl sites for hydroxylation is 1. The second kappa shape index (κ2) is 4.94. The standard InChI is InChI=1S/C12H15ClN2O3/c1-6-4-9(14-15-12(16)17-3)11-8(10(6)13)5-7(2)18-11/h4,7,14H,5H2,1-3H3,(H,15,16). The number of carbonyl (C=O) groups is 1. The van der Waals surface area contributed by atoms with Crippen molar-refractivity contribution in [1.29, 1.82) is 0 Å². The molecule has 98 valence electrons. The molecule has 1 unspecified atom stereocenters. The number of rotatable bonds is 2. The van der Waals surface area contributed by atoms with E-state index in [2.05, 4.69) is 15.6 Å². The van der Waals surface area contributed by atoms with Crippen LogP contribution in [0.1, 0.15) is 18.1 Å². The Labute approximate surface area is 110 Å². The quantitative estimate of drug-likeness (QED) is 0.811. The van der Waals surface area contributed by atoms with Gasteiger partial charge in [0.25, 0.3) is 0 Å². The van der Waals surface area contributed by atoms with Gasteiger partial charge in [0.1, 0.15) is 11.9 Å². The largest absolute Gasteiger partial charge is 0.488 e. The van der Waals surface area contributed by atoms with E-state index in [1.165, 1.54) is 7.11 Å². The number of halogens is 1. The number of hydrogen-bond donors (Lipinski definition) is 2. The lowest BCUT2D eigenvalue weighted by molar-refractivity contribution is 0.173. The lowest BCUT2D eigenvalue weighted by Crippen LogP contribution is -2.29. The second-order valence-electron chi connectivity index (χ2n) is 4.24. The third kappa shape index (κ3) is 2.31. The maximum Gasteiger partial charge on any atom is 0.425 e. The molecule has 0 aliphatic carbocycles. The van der Waals surface area contributed by atoms with Gasteiger partial charge in [-0.05, 0) is 25.5 Å². The van der Waals surface area contributed by atoms with Crippen molar-refractivity contribution >= 4 is 23.4 Å². The first-order valence-corrected chi connectivity index (χ1v) is 5.99. The molecule has 1 aromatic rings. The van der Waals surface area contributed by atoms with Crippen LogP contribution in [0.25, 0.3) is 0 Å². The Kier molecular flexibility index (Phi) is 3.52. The van der Waals surface area contributed by atoms with Gasteiger partial charge in [0.15, 0.2) is 0 Å². The number of hydrazine groups is 1. The van der Waals surface area contributed by atoms with E-state index in [0.29, 0.717) is 11.4 Å². The van der Waals surface area contributed by atoms with Gasteiger partial charge in [-0.15, -0.1) is 0 Å². The molecule has 1 amide bonds. The van der Waals surface area contributed by atoms with Gasteiger partial charge in [-0.2, -0.15) is 0 Å². The number of ether oxygens (including phenoxy) is 2. The molecule has 1 aliphatic heterocycles. The monoisotopic (exact) mass is 270 g/mol. The Morgan fingerprint density at radius 1 is 1.61 bits per heavy atom. The molecule has 2 N–H and O–H groups in total. The Bertz CT molecular complexity index is 491. The van der Waals surface area contributed by atoms with Crippen LogP contribution in [0.5, 0.6) is 5.75 Å². The van der Waals surface area contributed by atoms with Crippen molar-refractivity contribution in [2.45, 2.75) is 26.4 Å². The van der Waals surface area contributed by atoms with Crippen molar-refractivity contribution in [3.05, 3.63) is 22.2 Å². The topological polar surface area (TPSA) is 59.6 Å². The maximum atomic E-state index is 11.0. The van der Waals surface area contributed by atoms with Gasteiger partial charge >= 0.3 is 6.09 Å². The van der Waals surface area contributed by atoms with Crippen molar-refractivity contribution in [3.8, 4) is 5.75 Å². The lowest BCUT2D eigenvalue weighted by atomic mass is 10.1. The van der Waals surface area contributed by atoms with E-state index >= 15 is 0 Å². The Hall–Kier alpha value is -1.62. The first kappa shape index (κ1) is 12.8. The van der Waals surface area contributed by atoms with Crippen LogP contribution in [0.15, 0.2) is 6.07 Å². The van der Waals surface area contributed by atoms with Crippen LogP contribution in [0, 0.1) is 6.92 Å². The lowest BCUT2D eigenvalue weighted by Gasteiger charge is -2.14. The molecule has 0 spiro atoms. The molecule has 0 fully saturated rings. The summed E-state index contributed by atoms with van der Waals surface area (Å²) in [5, 5.41) is 0.720. The molecule has 6 heteroatoms. The smallest absolute Gasteiger partial charge is 0.425 e. The summed E-state index contributed by atoms with van der Waals surface area (Å²) in [6.45, 7) is 3.89. The SMILES string of the molecule is COC(=O)NNc1cc(C)c(Cl)c2c1OC(C)C2. The highest BCUT2D eigenvalue weighted by atomic mass is 35.5. The number of amides is 1. The minimum Gasteiger partial charge on any atom is -0.488 e. The van der Waals surface area contributed by atoms with Crippen LogP contribution in [0.4, 0.5) is 10.5 Å². The molecule has 1 atom stereocenters. The fourth-order valence-electron chi connectivity index (χ4n) is 1.96. The number of nitrogens with one attached hydrogen (secondary N) is 2. The van der Waals surface area contributed by atoms with Crippen LogP contribution >= 0.6 is 11.6 Å². The van der Waals surface area contributed by atoms with E-state index in [0.717, 1.165) is 22.6 Å². The molecule has 5 nitrogen and oxygen atoms in total. The minimum atomic E-state index is -0.567. The van der Waals surface area contributed by atoms with Crippen molar-refractivity contribution < 1.29 is 14.3 Å². The average molecular weight is 271 g/mol.